The van der Waals surface area contributed by atoms with E-state index in [0.29, 0.717) is 11.7 Å². The van der Waals surface area contributed by atoms with Crippen molar-refractivity contribution >= 4 is 16.9 Å². The van der Waals surface area contributed by atoms with E-state index < -0.39 is 0 Å². The smallest absolute Gasteiger partial charge is 0.226 e. The van der Waals surface area contributed by atoms with Crippen LogP contribution in [0, 0.1) is 0 Å². The Balaban J connectivity index is 1.41. The lowest BCUT2D eigenvalue weighted by atomic mass is 10.0. The summed E-state index contributed by atoms with van der Waals surface area (Å²) in [7, 11) is 0. The number of piperidine rings is 1. The molecule has 0 spiro atoms. The molecule has 1 aromatic heterocycles. The van der Waals surface area contributed by atoms with Crippen molar-refractivity contribution in [1.29, 1.82) is 0 Å². The van der Waals surface area contributed by atoms with E-state index in [1.54, 1.807) is 0 Å². The van der Waals surface area contributed by atoms with Gasteiger partial charge in [0.05, 0.1) is 6.42 Å². The van der Waals surface area contributed by atoms with Gasteiger partial charge in [-0.1, -0.05) is 23.7 Å². The molecule has 23 heavy (non-hydrogen) atoms. The van der Waals surface area contributed by atoms with Gasteiger partial charge >= 0.3 is 0 Å². The van der Waals surface area contributed by atoms with Crippen molar-refractivity contribution in [2.75, 3.05) is 19.6 Å². The fourth-order valence-corrected chi connectivity index (χ4v) is 3.28. The van der Waals surface area contributed by atoms with E-state index in [0.717, 1.165) is 30.5 Å². The Morgan fingerprint density at radius 2 is 2.26 bits per heavy atom. The largest absolute Gasteiger partial charge is 0.356 e. The zero-order valence-electron chi connectivity index (χ0n) is 13.8. The van der Waals surface area contributed by atoms with Crippen LogP contribution in [0.15, 0.2) is 28.8 Å². The maximum absolute atomic E-state index is 12.1. The van der Waals surface area contributed by atoms with Gasteiger partial charge < -0.3 is 14.7 Å². The van der Waals surface area contributed by atoms with Crippen molar-refractivity contribution < 1.29 is 9.32 Å². The number of carbonyl (C=O) groups is 1. The lowest BCUT2D eigenvalue weighted by molar-refractivity contribution is -0.120. The number of para-hydroxylation sites is 1. The molecule has 1 unspecified atom stereocenters. The molecule has 3 rings (SSSR count). The second-order valence-corrected chi connectivity index (χ2v) is 6.39. The molecule has 1 amide bonds. The first kappa shape index (κ1) is 16.0. The average molecular weight is 315 g/mol. The van der Waals surface area contributed by atoms with Crippen LogP contribution in [0.3, 0.4) is 0 Å². The SMILES string of the molecule is CC1CCCCN1CCCNC(=O)Cc1noc2ccccc12. The summed E-state index contributed by atoms with van der Waals surface area (Å²) in [5.74, 6) is 0.00995. The molecule has 1 atom stereocenters. The monoisotopic (exact) mass is 315 g/mol. The number of nitrogens with one attached hydrogen (secondary N) is 1. The number of hydrogen-bond acceptors (Lipinski definition) is 4. The minimum atomic E-state index is 0.00995. The van der Waals surface area contributed by atoms with Crippen LogP contribution in [0.2, 0.25) is 0 Å². The van der Waals surface area contributed by atoms with Gasteiger partial charge in [0.25, 0.3) is 0 Å². The minimum Gasteiger partial charge on any atom is -0.356 e. The molecule has 1 N–H and O–H groups in total. The van der Waals surface area contributed by atoms with Crippen molar-refractivity contribution in [3.05, 3.63) is 30.0 Å². The number of likely N-dealkylation sites (tertiary alicyclic amines) is 1. The highest BCUT2D eigenvalue weighted by Gasteiger charge is 2.17. The molecule has 2 heterocycles. The Morgan fingerprint density at radius 1 is 1.39 bits per heavy atom. The molecule has 0 radical (unpaired) electrons. The van der Waals surface area contributed by atoms with E-state index in [9.17, 15) is 4.79 Å². The Bertz CT molecular complexity index is 653. The zero-order valence-corrected chi connectivity index (χ0v) is 13.8. The first-order valence-corrected chi connectivity index (χ1v) is 8.58. The van der Waals surface area contributed by atoms with E-state index in [4.69, 9.17) is 4.52 Å². The highest BCUT2D eigenvalue weighted by molar-refractivity contribution is 5.86. The first-order chi connectivity index (χ1) is 11.2. The summed E-state index contributed by atoms with van der Waals surface area (Å²) in [6.07, 6.45) is 5.22. The van der Waals surface area contributed by atoms with E-state index in [-0.39, 0.29) is 12.3 Å². The predicted molar refractivity (Wildman–Crippen MR) is 90.2 cm³/mol. The Morgan fingerprint density at radius 3 is 3.13 bits per heavy atom. The number of fused-ring (bicyclic) bond motifs is 1. The second kappa shape index (κ2) is 7.59. The Labute approximate surface area is 137 Å². The third kappa shape index (κ3) is 4.10. The van der Waals surface area contributed by atoms with Crippen molar-refractivity contribution in [3.63, 3.8) is 0 Å². The van der Waals surface area contributed by atoms with Gasteiger partial charge in [0, 0.05) is 24.5 Å². The highest BCUT2D eigenvalue weighted by atomic mass is 16.5. The molecule has 5 heteroatoms. The number of rotatable bonds is 6. The van der Waals surface area contributed by atoms with E-state index in [2.05, 4.69) is 22.3 Å². The number of nitrogens with zero attached hydrogens (tertiary/aromatic N) is 2. The molecule has 1 fully saturated rings. The number of amides is 1. The molecular weight excluding hydrogens is 290 g/mol. The third-order valence-electron chi connectivity index (χ3n) is 4.66. The number of benzene rings is 1. The van der Waals surface area contributed by atoms with Gasteiger partial charge in [-0.2, -0.15) is 0 Å². The summed E-state index contributed by atoms with van der Waals surface area (Å²) in [4.78, 5) is 14.6. The fourth-order valence-electron chi connectivity index (χ4n) is 3.28. The molecule has 2 aromatic rings. The van der Waals surface area contributed by atoms with Gasteiger partial charge in [-0.3, -0.25) is 4.79 Å². The Kier molecular flexibility index (Phi) is 5.28. The highest BCUT2D eigenvalue weighted by Crippen LogP contribution is 2.18. The number of aromatic nitrogens is 1. The Hall–Kier alpha value is -1.88. The second-order valence-electron chi connectivity index (χ2n) is 6.39. The minimum absolute atomic E-state index is 0.00995. The van der Waals surface area contributed by atoms with Crippen molar-refractivity contribution in [2.24, 2.45) is 0 Å². The van der Waals surface area contributed by atoms with E-state index in [1.165, 1.54) is 25.8 Å². The standard InChI is InChI=1S/C18H25N3O2/c1-14-7-4-5-11-21(14)12-6-10-19-18(22)13-16-15-8-2-3-9-17(15)23-20-16/h2-3,8-9,14H,4-7,10-13H2,1H3,(H,19,22). The normalized spacial score (nSPS) is 19.1. The molecule has 0 aliphatic carbocycles. The van der Waals surface area contributed by atoms with Crippen LogP contribution in [-0.2, 0) is 11.2 Å². The van der Waals surface area contributed by atoms with Crippen molar-refractivity contribution in [2.45, 2.75) is 45.1 Å². The van der Waals surface area contributed by atoms with Crippen LogP contribution in [-0.4, -0.2) is 41.6 Å². The molecule has 1 aromatic carbocycles. The van der Waals surface area contributed by atoms with Crippen LogP contribution in [0.5, 0.6) is 0 Å². The molecule has 0 saturated carbocycles. The summed E-state index contributed by atoms with van der Waals surface area (Å²) in [5.41, 5.74) is 1.44. The summed E-state index contributed by atoms with van der Waals surface area (Å²) >= 11 is 0. The maximum Gasteiger partial charge on any atom is 0.226 e. The molecular formula is C18H25N3O2. The van der Waals surface area contributed by atoms with Gasteiger partial charge in [-0.05, 0) is 44.9 Å². The van der Waals surface area contributed by atoms with Crippen LogP contribution < -0.4 is 5.32 Å². The number of carbonyl (C=O) groups excluding carboxylic acids is 1. The summed E-state index contributed by atoms with van der Waals surface area (Å²) in [6, 6.07) is 8.32. The lowest BCUT2D eigenvalue weighted by Gasteiger charge is -2.33. The van der Waals surface area contributed by atoms with Crippen molar-refractivity contribution in [1.82, 2.24) is 15.4 Å². The first-order valence-electron chi connectivity index (χ1n) is 8.58. The fraction of sp³-hybridized carbons (Fsp3) is 0.556. The van der Waals surface area contributed by atoms with Crippen LogP contribution >= 0.6 is 0 Å². The summed E-state index contributed by atoms with van der Waals surface area (Å²) in [6.45, 7) is 5.28. The van der Waals surface area contributed by atoms with E-state index in [1.807, 2.05) is 24.3 Å². The van der Waals surface area contributed by atoms with Crippen LogP contribution in [0.4, 0.5) is 0 Å². The van der Waals surface area contributed by atoms with Gasteiger partial charge in [-0.15, -0.1) is 0 Å². The predicted octanol–water partition coefficient (Wildman–Crippen LogP) is 2.75. The lowest BCUT2D eigenvalue weighted by Crippen LogP contribution is -2.39. The van der Waals surface area contributed by atoms with Gasteiger partial charge in [0.15, 0.2) is 5.58 Å². The van der Waals surface area contributed by atoms with Gasteiger partial charge in [0.1, 0.15) is 5.69 Å². The molecule has 1 aliphatic rings. The average Bonchev–Trinajstić information content (AvgIpc) is 2.96. The molecule has 5 nitrogen and oxygen atoms in total. The maximum atomic E-state index is 12.1. The number of hydrogen-bond donors (Lipinski definition) is 1. The van der Waals surface area contributed by atoms with Crippen molar-refractivity contribution in [3.8, 4) is 0 Å². The molecule has 1 saturated heterocycles. The van der Waals surface area contributed by atoms with Crippen LogP contribution in [0.25, 0.3) is 11.0 Å². The zero-order chi connectivity index (χ0) is 16.1. The topological polar surface area (TPSA) is 58.4 Å². The summed E-state index contributed by atoms with van der Waals surface area (Å²) < 4.78 is 5.23. The van der Waals surface area contributed by atoms with Gasteiger partial charge in [-0.25, -0.2) is 0 Å². The van der Waals surface area contributed by atoms with Crippen LogP contribution in [0.1, 0.15) is 38.3 Å². The van der Waals surface area contributed by atoms with E-state index >= 15 is 0 Å². The van der Waals surface area contributed by atoms with Gasteiger partial charge in [0.2, 0.25) is 5.91 Å². The molecule has 124 valence electrons. The quantitative estimate of drug-likeness (QED) is 0.833. The molecule has 0 bridgehead atoms. The summed E-state index contributed by atoms with van der Waals surface area (Å²) in [5, 5.41) is 7.92. The third-order valence-corrected chi connectivity index (χ3v) is 4.66. The molecule has 1 aliphatic heterocycles.